The van der Waals surface area contributed by atoms with Crippen LogP contribution in [-0.2, 0) is 15.0 Å². The minimum atomic E-state index is -0.363. The van der Waals surface area contributed by atoms with E-state index in [-0.39, 0.29) is 29.2 Å². The maximum atomic E-state index is 13.5. The van der Waals surface area contributed by atoms with E-state index in [2.05, 4.69) is 38.7 Å². The average Bonchev–Trinajstić information content (AvgIpc) is 2.78. The molecule has 4 aliphatic rings. The molecule has 2 atom stereocenters. The van der Waals surface area contributed by atoms with Crippen molar-refractivity contribution < 1.29 is 14.3 Å². The van der Waals surface area contributed by atoms with E-state index in [0.717, 1.165) is 42.3 Å². The van der Waals surface area contributed by atoms with Gasteiger partial charge in [-0.1, -0.05) is 24.3 Å². The number of hydrogen-bond donors (Lipinski definition) is 2. The van der Waals surface area contributed by atoms with E-state index in [1.54, 1.807) is 7.11 Å². The van der Waals surface area contributed by atoms with E-state index >= 15 is 0 Å². The summed E-state index contributed by atoms with van der Waals surface area (Å²) in [6.45, 7) is -0.00716. The molecule has 4 saturated carbocycles. The molecule has 2 unspecified atom stereocenters. The maximum absolute atomic E-state index is 13.5. The Labute approximate surface area is 197 Å². The number of anilines is 1. The van der Waals surface area contributed by atoms with Crippen LogP contribution in [-0.4, -0.2) is 25.5 Å². The third kappa shape index (κ3) is 3.83. The maximum Gasteiger partial charge on any atom is 0.243 e. The first-order chi connectivity index (χ1) is 15.4. The largest absolute Gasteiger partial charge is 0.497 e. The second-order valence-electron chi connectivity index (χ2n) is 9.96. The van der Waals surface area contributed by atoms with E-state index in [1.165, 1.54) is 12.0 Å². The third-order valence-corrected chi connectivity index (χ3v) is 8.49. The molecule has 4 bridgehead atoms. The van der Waals surface area contributed by atoms with Crippen molar-refractivity contribution in [3.05, 3.63) is 58.6 Å². The van der Waals surface area contributed by atoms with Crippen LogP contribution < -0.4 is 15.4 Å². The second-order valence-corrected chi connectivity index (χ2v) is 10.8. The van der Waals surface area contributed by atoms with E-state index in [9.17, 15) is 9.59 Å². The van der Waals surface area contributed by atoms with E-state index < -0.39 is 0 Å². The van der Waals surface area contributed by atoms with Gasteiger partial charge >= 0.3 is 0 Å². The zero-order valence-electron chi connectivity index (χ0n) is 18.3. The Hall–Kier alpha value is -2.34. The minimum Gasteiger partial charge on any atom is -0.497 e. The Morgan fingerprint density at radius 1 is 1.03 bits per heavy atom. The smallest absolute Gasteiger partial charge is 0.243 e. The number of ether oxygens (including phenoxy) is 1. The lowest BCUT2D eigenvalue weighted by Gasteiger charge is -2.61. The van der Waals surface area contributed by atoms with Gasteiger partial charge in [-0.05, 0) is 102 Å². The normalized spacial score (nSPS) is 30.1. The van der Waals surface area contributed by atoms with Gasteiger partial charge in [-0.3, -0.25) is 9.59 Å². The van der Waals surface area contributed by atoms with Gasteiger partial charge in [-0.2, -0.15) is 0 Å². The molecular weight excluding hydrogens is 468 g/mol. The van der Waals surface area contributed by atoms with Crippen LogP contribution in [0.4, 0.5) is 5.69 Å². The minimum absolute atomic E-state index is 0.00716. The number of carbonyl (C=O) groups excluding carboxylic acids is 2. The number of rotatable bonds is 6. The molecule has 4 aliphatic carbocycles. The highest BCUT2D eigenvalue weighted by atomic mass is 79.9. The summed E-state index contributed by atoms with van der Waals surface area (Å²) in [5, 5.41) is 5.85. The number of halogens is 1. The predicted molar refractivity (Wildman–Crippen MR) is 128 cm³/mol. The van der Waals surface area contributed by atoms with Crippen LogP contribution >= 0.6 is 15.9 Å². The van der Waals surface area contributed by atoms with Crippen LogP contribution in [0, 0.1) is 17.3 Å². The van der Waals surface area contributed by atoms with E-state index in [1.807, 2.05) is 36.4 Å². The van der Waals surface area contributed by atoms with Gasteiger partial charge in [-0.15, -0.1) is 0 Å². The van der Waals surface area contributed by atoms with Gasteiger partial charge in [0.15, 0.2) is 0 Å². The summed E-state index contributed by atoms with van der Waals surface area (Å²) in [7, 11) is 1.69. The third-order valence-electron chi connectivity index (χ3n) is 7.80. The standard InChI is InChI=1S/C26H29BrN2O3/c1-32-20-8-6-19(7-9-20)25-11-17-10-18(12-25)14-26(13-17,16-25)24(31)28-15-23(30)29-22-5-3-2-4-21(22)27/h2-9,17-18H,10-16H2,1H3,(H,28,31)(H,29,30). The number of amides is 2. The lowest BCUT2D eigenvalue weighted by molar-refractivity contribution is -0.149. The first-order valence-corrected chi connectivity index (χ1v) is 12.2. The van der Waals surface area contributed by atoms with Gasteiger partial charge < -0.3 is 15.4 Å². The molecule has 2 N–H and O–H groups in total. The molecule has 168 valence electrons. The van der Waals surface area contributed by atoms with Crippen LogP contribution in [0.5, 0.6) is 5.75 Å². The summed E-state index contributed by atoms with van der Waals surface area (Å²) in [6, 6.07) is 15.9. The van der Waals surface area contributed by atoms with Crippen molar-refractivity contribution in [1.29, 1.82) is 0 Å². The summed E-state index contributed by atoms with van der Waals surface area (Å²) in [6.07, 6.45) is 6.31. The van der Waals surface area contributed by atoms with Crippen molar-refractivity contribution in [3.8, 4) is 5.75 Å². The fraction of sp³-hybridized carbons (Fsp3) is 0.462. The molecule has 0 radical (unpaired) electrons. The number of methoxy groups -OCH3 is 1. The van der Waals surface area contributed by atoms with Gasteiger partial charge in [0.2, 0.25) is 11.8 Å². The highest BCUT2D eigenvalue weighted by Gasteiger charge is 2.60. The van der Waals surface area contributed by atoms with Gasteiger partial charge in [0, 0.05) is 4.47 Å². The topological polar surface area (TPSA) is 67.4 Å². The van der Waals surface area contributed by atoms with Crippen molar-refractivity contribution >= 4 is 33.4 Å². The molecule has 0 spiro atoms. The Balaban J connectivity index is 1.30. The molecule has 5 nitrogen and oxygen atoms in total. The number of hydrogen-bond acceptors (Lipinski definition) is 3. The number of benzene rings is 2. The Morgan fingerprint density at radius 2 is 1.72 bits per heavy atom. The lowest BCUT2D eigenvalue weighted by atomic mass is 9.42. The molecule has 0 aromatic heterocycles. The molecular formula is C26H29BrN2O3. The molecule has 32 heavy (non-hydrogen) atoms. The Kier molecular flexibility index (Phi) is 5.52. The Morgan fingerprint density at radius 3 is 2.38 bits per heavy atom. The summed E-state index contributed by atoms with van der Waals surface area (Å²) in [4.78, 5) is 26.0. The highest BCUT2D eigenvalue weighted by Crippen LogP contribution is 2.65. The van der Waals surface area contributed by atoms with Crippen molar-refractivity contribution in [1.82, 2.24) is 5.32 Å². The first kappa shape index (κ1) is 21.5. The molecule has 2 amide bonds. The van der Waals surface area contributed by atoms with Crippen LogP contribution in [0.15, 0.2) is 53.0 Å². The highest BCUT2D eigenvalue weighted by molar-refractivity contribution is 9.10. The summed E-state index contributed by atoms with van der Waals surface area (Å²) in [5.41, 5.74) is 1.74. The van der Waals surface area contributed by atoms with Crippen LogP contribution in [0.2, 0.25) is 0 Å². The van der Waals surface area contributed by atoms with Crippen LogP contribution in [0.25, 0.3) is 0 Å². The zero-order chi connectivity index (χ0) is 22.3. The molecule has 0 saturated heterocycles. The molecule has 0 heterocycles. The van der Waals surface area contributed by atoms with Gasteiger partial charge in [-0.25, -0.2) is 0 Å². The van der Waals surface area contributed by atoms with Crippen LogP contribution in [0.3, 0.4) is 0 Å². The van der Waals surface area contributed by atoms with Crippen LogP contribution in [0.1, 0.15) is 44.1 Å². The zero-order valence-corrected chi connectivity index (χ0v) is 19.9. The second kappa shape index (κ2) is 8.22. The summed E-state index contributed by atoms with van der Waals surface area (Å²) < 4.78 is 6.17. The van der Waals surface area contributed by atoms with E-state index in [0.29, 0.717) is 17.5 Å². The number of nitrogens with one attached hydrogen (secondary N) is 2. The fourth-order valence-corrected chi connectivity index (χ4v) is 7.30. The molecule has 6 rings (SSSR count). The summed E-state index contributed by atoms with van der Waals surface area (Å²) >= 11 is 3.44. The molecule has 0 aliphatic heterocycles. The molecule has 2 aromatic rings. The quantitative estimate of drug-likeness (QED) is 0.587. The molecule has 4 fully saturated rings. The SMILES string of the molecule is COc1ccc(C23CC4CC(CC(C(=O)NCC(=O)Nc5ccccc5Br)(C4)C2)C3)cc1. The van der Waals surface area contributed by atoms with Gasteiger partial charge in [0.25, 0.3) is 0 Å². The number of para-hydroxylation sites is 1. The van der Waals surface area contributed by atoms with Gasteiger partial charge in [0.05, 0.1) is 24.8 Å². The van der Waals surface area contributed by atoms with Crippen molar-refractivity contribution in [2.24, 2.45) is 17.3 Å². The lowest BCUT2D eigenvalue weighted by Crippen LogP contribution is -2.59. The molecule has 2 aromatic carbocycles. The molecule has 6 heteroatoms. The number of carbonyl (C=O) groups is 2. The van der Waals surface area contributed by atoms with E-state index in [4.69, 9.17) is 4.74 Å². The van der Waals surface area contributed by atoms with Crippen molar-refractivity contribution in [3.63, 3.8) is 0 Å². The van der Waals surface area contributed by atoms with Crippen molar-refractivity contribution in [2.45, 2.75) is 43.9 Å². The summed E-state index contributed by atoms with van der Waals surface area (Å²) in [5.74, 6) is 1.87. The van der Waals surface area contributed by atoms with Gasteiger partial charge in [0.1, 0.15) is 5.75 Å². The van der Waals surface area contributed by atoms with Crippen molar-refractivity contribution in [2.75, 3.05) is 19.0 Å². The monoisotopic (exact) mass is 496 g/mol. The predicted octanol–water partition coefficient (Wildman–Crippen LogP) is 5.05. The Bertz CT molecular complexity index is 1020. The fourth-order valence-electron chi connectivity index (χ4n) is 6.92. The first-order valence-electron chi connectivity index (χ1n) is 11.4. The average molecular weight is 497 g/mol.